The fourth-order valence-electron chi connectivity index (χ4n) is 10.6. The smallest absolute Gasteiger partial charge is 0.244 e. The summed E-state index contributed by atoms with van der Waals surface area (Å²) in [4.78, 5) is 4.98. The molecule has 13 aromatic rings. The lowest BCUT2D eigenvalue weighted by Gasteiger charge is -2.20. The molecule has 9 aromatic carbocycles. The van der Waals surface area contributed by atoms with E-state index in [2.05, 4.69) is 132 Å². The molecule has 74 heavy (non-hydrogen) atoms. The first-order valence-electron chi connectivity index (χ1n) is 30.0. The molecule has 0 radical (unpaired) electrons. The van der Waals surface area contributed by atoms with Crippen LogP contribution in [0.15, 0.2) is 230 Å². The Morgan fingerprint density at radius 2 is 1.16 bits per heavy atom. The van der Waals surface area contributed by atoms with E-state index in [-0.39, 0.29) is 40.7 Å². The number of hydrogen-bond acceptors (Lipinski definition) is 2. The Morgan fingerprint density at radius 1 is 0.527 bits per heavy atom. The molecule has 0 N–H and O–H groups in total. The highest BCUT2D eigenvalue weighted by molar-refractivity contribution is 6.12. The standard InChI is InChI=1S/C68H55N5O/c1-68(2,3)49-39-40-69-67(42-49)73-63-38-35-51(72-61-31-12-10-27-57(61)58-28-11-13-32-62(58)72)44-60(63)59-37-36-53(45-66(59)73)74-52-25-18-24-50(43-52)71-46-70(64-33-14-15-34-65(64)71)41-17-16-26-56-54(47-20-6-4-7-21-47)29-19-30-55(56)48-22-8-5-9-23-48/h4-15,18-25,27-40,42-45H,16-17,26,41H2,1-3H3/i4D,5D,6D,7D,8D,9D,20D,21D,22D,23D. The molecule has 0 spiro atoms. The van der Waals surface area contributed by atoms with Crippen molar-refractivity contribution in [3.8, 4) is 50.9 Å². The van der Waals surface area contributed by atoms with Crippen LogP contribution >= 0.6 is 0 Å². The normalized spacial score (nSPS) is 13.8. The van der Waals surface area contributed by atoms with Gasteiger partial charge >= 0.3 is 0 Å². The van der Waals surface area contributed by atoms with Crippen molar-refractivity contribution < 1.29 is 23.0 Å². The van der Waals surface area contributed by atoms with E-state index >= 15 is 0 Å². The van der Waals surface area contributed by atoms with Gasteiger partial charge in [0.2, 0.25) is 6.33 Å². The number of ether oxygens (including phenoxy) is 1. The van der Waals surface area contributed by atoms with Crippen LogP contribution in [0.1, 0.15) is 58.4 Å². The largest absolute Gasteiger partial charge is 0.458 e. The third kappa shape index (κ3) is 8.09. The fourth-order valence-corrected chi connectivity index (χ4v) is 10.6. The van der Waals surface area contributed by atoms with Gasteiger partial charge in [0, 0.05) is 39.5 Å². The maximum atomic E-state index is 8.88. The minimum atomic E-state index is -0.524. The Labute approximate surface area is 445 Å². The van der Waals surface area contributed by atoms with Crippen LogP contribution in [0.25, 0.3) is 94.1 Å². The molecule has 0 saturated heterocycles. The molecule has 4 aromatic heterocycles. The molecule has 0 atom stereocenters. The molecule has 0 saturated carbocycles. The summed E-state index contributed by atoms with van der Waals surface area (Å²) in [6.45, 7) is 7.15. The summed E-state index contributed by atoms with van der Waals surface area (Å²) in [6.07, 6.45) is 6.91. The average molecular weight is 968 g/mol. The predicted molar refractivity (Wildman–Crippen MR) is 304 cm³/mol. The molecule has 13 rings (SSSR count). The molecule has 0 aliphatic carbocycles. The number of benzene rings is 9. The number of rotatable bonds is 12. The summed E-state index contributed by atoms with van der Waals surface area (Å²) in [5.41, 5.74) is 10.2. The summed E-state index contributed by atoms with van der Waals surface area (Å²) >= 11 is 0. The monoisotopic (exact) mass is 968 g/mol. The van der Waals surface area contributed by atoms with Gasteiger partial charge in [-0.15, -0.1) is 0 Å². The van der Waals surface area contributed by atoms with Crippen molar-refractivity contribution in [2.45, 2.75) is 52.0 Å². The van der Waals surface area contributed by atoms with Gasteiger partial charge < -0.3 is 18.4 Å². The van der Waals surface area contributed by atoms with Crippen LogP contribution in [0.3, 0.4) is 0 Å². The van der Waals surface area contributed by atoms with Crippen LogP contribution in [-0.2, 0) is 18.4 Å². The van der Waals surface area contributed by atoms with Crippen molar-refractivity contribution in [1.29, 1.82) is 0 Å². The SMILES string of the molecule is [2H]c1c([2H])c([2H])c(-c2cccc(-c3c([2H])c([2H])c([2H])c([2H])c3[2H])c2CCCC[n+]2[c-]n(-c3cccc(Oc4ccc5c6cc(-n7c8ccccc8c8ccccc87)ccc6n(-c6cc(C(C)(C)C)ccn6)c5c4)c3)c3ccccc32)c([2H])c1[2H]. The first kappa shape index (κ1) is 35.2. The van der Waals surface area contributed by atoms with Gasteiger partial charge in [0.15, 0.2) is 0 Å². The molecule has 0 amide bonds. The Hall–Kier alpha value is -9.00. The minimum Gasteiger partial charge on any atom is -0.458 e. The molecule has 0 fully saturated rings. The predicted octanol–water partition coefficient (Wildman–Crippen LogP) is 16.8. The Bertz CT molecular complexity index is 4640. The van der Waals surface area contributed by atoms with Crippen LogP contribution in [-0.4, -0.2) is 18.7 Å². The van der Waals surface area contributed by atoms with Crippen LogP contribution in [0.5, 0.6) is 11.5 Å². The van der Waals surface area contributed by atoms with Gasteiger partial charge in [0.05, 0.1) is 59.0 Å². The molecule has 4 heterocycles. The number of pyridine rings is 1. The Morgan fingerprint density at radius 3 is 1.88 bits per heavy atom. The second kappa shape index (κ2) is 18.6. The molecular weight excluding hydrogens is 903 g/mol. The van der Waals surface area contributed by atoms with E-state index in [4.69, 9.17) is 23.4 Å². The number of aromatic nitrogens is 5. The molecule has 6 nitrogen and oxygen atoms in total. The maximum Gasteiger partial charge on any atom is 0.244 e. The van der Waals surface area contributed by atoms with Gasteiger partial charge in [0.1, 0.15) is 17.3 Å². The van der Waals surface area contributed by atoms with Crippen molar-refractivity contribution in [3.05, 3.63) is 248 Å². The van der Waals surface area contributed by atoms with Crippen molar-refractivity contribution in [2.24, 2.45) is 0 Å². The average Bonchev–Trinajstić information content (AvgIpc) is 1.76. The van der Waals surface area contributed by atoms with Crippen LogP contribution in [0, 0.1) is 6.33 Å². The summed E-state index contributed by atoms with van der Waals surface area (Å²) < 4.78 is 101. The second-order valence-corrected chi connectivity index (χ2v) is 19.7. The van der Waals surface area contributed by atoms with Gasteiger partial charge in [-0.2, -0.15) is 0 Å². The third-order valence-electron chi connectivity index (χ3n) is 14.1. The summed E-state index contributed by atoms with van der Waals surface area (Å²) in [5, 5.41) is 4.54. The van der Waals surface area contributed by atoms with Crippen LogP contribution in [0.2, 0.25) is 0 Å². The molecule has 0 aliphatic heterocycles. The van der Waals surface area contributed by atoms with Crippen molar-refractivity contribution in [3.63, 3.8) is 0 Å². The van der Waals surface area contributed by atoms with Crippen molar-refractivity contribution in [2.75, 3.05) is 0 Å². The van der Waals surface area contributed by atoms with Gasteiger partial charge in [-0.3, -0.25) is 4.57 Å². The van der Waals surface area contributed by atoms with E-state index in [1.165, 1.54) is 16.3 Å². The molecule has 358 valence electrons. The Balaban J connectivity index is 0.830. The lowest BCUT2D eigenvalue weighted by molar-refractivity contribution is -0.676. The number of imidazole rings is 1. The first-order valence-corrected chi connectivity index (χ1v) is 25.0. The first-order chi connectivity index (χ1) is 40.5. The van der Waals surface area contributed by atoms with Crippen LogP contribution in [0.4, 0.5) is 0 Å². The van der Waals surface area contributed by atoms with Gasteiger partial charge in [-0.25, -0.2) is 4.98 Å². The lowest BCUT2D eigenvalue weighted by Crippen LogP contribution is -2.32. The van der Waals surface area contributed by atoms with E-state index in [1.54, 1.807) is 18.2 Å². The second-order valence-electron chi connectivity index (χ2n) is 19.7. The number of fused-ring (bicyclic) bond motifs is 7. The highest BCUT2D eigenvalue weighted by atomic mass is 16.5. The number of hydrogen-bond donors (Lipinski definition) is 0. The highest BCUT2D eigenvalue weighted by Gasteiger charge is 2.21. The number of aryl methyl sites for hydroxylation is 1. The van der Waals surface area contributed by atoms with E-state index in [1.807, 2.05) is 65.4 Å². The quantitative estimate of drug-likeness (QED) is 0.0695. The zero-order valence-electron chi connectivity index (χ0n) is 51.1. The van der Waals surface area contributed by atoms with Gasteiger partial charge in [0.25, 0.3) is 0 Å². The lowest BCUT2D eigenvalue weighted by atomic mass is 9.88. The summed E-state index contributed by atoms with van der Waals surface area (Å²) in [6, 6.07) is 50.6. The fraction of sp³-hybridized carbons (Fsp3) is 0.118. The molecule has 0 unspecified atom stereocenters. The highest BCUT2D eigenvalue weighted by Crippen LogP contribution is 2.40. The number of nitrogens with zero attached hydrogens (tertiary/aromatic N) is 5. The van der Waals surface area contributed by atoms with Crippen molar-refractivity contribution >= 4 is 54.6 Å². The summed E-state index contributed by atoms with van der Waals surface area (Å²) in [5.74, 6) is 2.09. The third-order valence-corrected chi connectivity index (χ3v) is 14.1. The number of para-hydroxylation sites is 4. The molecular formula is C68H55N5O. The van der Waals surface area contributed by atoms with Crippen molar-refractivity contribution in [1.82, 2.24) is 18.7 Å². The molecule has 0 aliphatic rings. The van der Waals surface area contributed by atoms with Gasteiger partial charge in [-0.1, -0.05) is 172 Å². The van der Waals surface area contributed by atoms with E-state index < -0.39 is 36.3 Å². The van der Waals surface area contributed by atoms with Gasteiger partial charge in [-0.05, 0) is 125 Å². The van der Waals surface area contributed by atoms with E-state index in [0.29, 0.717) is 54.0 Å². The maximum absolute atomic E-state index is 8.88. The van der Waals surface area contributed by atoms with E-state index in [9.17, 15) is 0 Å². The molecule has 0 bridgehead atoms. The van der Waals surface area contributed by atoms with Crippen LogP contribution < -0.4 is 9.30 Å². The Kier molecular flexibility index (Phi) is 8.82. The van der Waals surface area contributed by atoms with E-state index in [0.717, 1.165) is 61.1 Å². The molecule has 6 heteroatoms. The zero-order valence-corrected chi connectivity index (χ0v) is 41.1. The summed E-state index contributed by atoms with van der Waals surface area (Å²) in [7, 11) is 0. The zero-order chi connectivity index (χ0) is 58.5. The topological polar surface area (TPSA) is 40.8 Å². The minimum absolute atomic E-state index is 0.0180. The number of unbranched alkanes of at least 4 members (excludes halogenated alkanes) is 1.